The van der Waals surface area contributed by atoms with E-state index in [-0.39, 0.29) is 11.7 Å². The molecule has 0 radical (unpaired) electrons. The van der Waals surface area contributed by atoms with Gasteiger partial charge in [-0.15, -0.1) is 0 Å². The molecule has 2 rings (SSSR count). The smallest absolute Gasteiger partial charge is 0.254 e. The van der Waals surface area contributed by atoms with Crippen LogP contribution in [0.15, 0.2) is 4.79 Å². The molecule has 0 amide bonds. The molecule has 0 bridgehead atoms. The Morgan fingerprint density at radius 2 is 2.29 bits per heavy atom. The van der Waals surface area contributed by atoms with Crippen molar-refractivity contribution in [3.05, 3.63) is 27.4 Å². The van der Waals surface area contributed by atoms with Gasteiger partial charge in [-0.05, 0) is 26.2 Å². The summed E-state index contributed by atoms with van der Waals surface area (Å²) in [6.45, 7) is 1.87. The van der Waals surface area contributed by atoms with Gasteiger partial charge in [0.05, 0.1) is 5.69 Å². The first-order chi connectivity index (χ1) is 6.72. The van der Waals surface area contributed by atoms with Crippen molar-refractivity contribution in [3.8, 4) is 0 Å². The van der Waals surface area contributed by atoms with Crippen molar-refractivity contribution in [1.29, 1.82) is 0 Å². The summed E-state index contributed by atoms with van der Waals surface area (Å²) in [7, 11) is 1.61. The van der Waals surface area contributed by atoms with E-state index in [1.54, 1.807) is 7.11 Å². The lowest BCUT2D eigenvalue weighted by atomic mass is 10.2. The quantitative estimate of drug-likeness (QED) is 0.763. The van der Waals surface area contributed by atoms with Crippen LogP contribution in [-0.4, -0.2) is 17.1 Å². The topological polar surface area (TPSA) is 55.0 Å². The lowest BCUT2D eigenvalue weighted by molar-refractivity contribution is 0.111. The summed E-state index contributed by atoms with van der Waals surface area (Å²) < 4.78 is 5.12. The van der Waals surface area contributed by atoms with Gasteiger partial charge in [-0.3, -0.25) is 4.79 Å². The average molecular weight is 194 g/mol. The van der Waals surface area contributed by atoms with Crippen LogP contribution in [0.1, 0.15) is 36.5 Å². The molecule has 1 atom stereocenters. The number of aromatic nitrogens is 2. The maximum absolute atomic E-state index is 11.6. The predicted octanol–water partition coefficient (Wildman–Crippen LogP) is 0.966. The average Bonchev–Trinajstić information content (AvgIpc) is 2.64. The minimum absolute atomic E-state index is 0.00593. The summed E-state index contributed by atoms with van der Waals surface area (Å²) in [5, 5.41) is 0. The first kappa shape index (κ1) is 9.40. The van der Waals surface area contributed by atoms with Crippen LogP contribution >= 0.6 is 0 Å². The van der Waals surface area contributed by atoms with Crippen molar-refractivity contribution in [1.82, 2.24) is 9.97 Å². The lowest BCUT2D eigenvalue weighted by Gasteiger charge is -2.09. The van der Waals surface area contributed by atoms with E-state index >= 15 is 0 Å². The highest BCUT2D eigenvalue weighted by atomic mass is 16.5. The molecule has 0 spiro atoms. The third-order valence-corrected chi connectivity index (χ3v) is 2.70. The zero-order valence-corrected chi connectivity index (χ0v) is 8.46. The zero-order chi connectivity index (χ0) is 10.1. The van der Waals surface area contributed by atoms with Crippen molar-refractivity contribution in [3.63, 3.8) is 0 Å². The maximum atomic E-state index is 11.6. The molecule has 76 valence electrons. The molecular weight excluding hydrogens is 180 g/mol. The second-order valence-corrected chi connectivity index (χ2v) is 3.61. The third-order valence-electron chi connectivity index (χ3n) is 2.70. The van der Waals surface area contributed by atoms with E-state index in [9.17, 15) is 4.79 Å². The highest BCUT2D eigenvalue weighted by Crippen LogP contribution is 2.18. The number of nitrogens with zero attached hydrogens (tertiary/aromatic N) is 1. The minimum atomic E-state index is -0.145. The van der Waals surface area contributed by atoms with Crippen LogP contribution in [-0.2, 0) is 17.6 Å². The molecule has 1 heterocycles. The Balaban J connectivity index is 2.47. The molecule has 0 saturated carbocycles. The highest BCUT2D eigenvalue weighted by molar-refractivity contribution is 5.23. The molecule has 1 N–H and O–H groups in total. The minimum Gasteiger partial charge on any atom is -0.374 e. The van der Waals surface area contributed by atoms with Crippen molar-refractivity contribution >= 4 is 0 Å². The van der Waals surface area contributed by atoms with Gasteiger partial charge in [0.1, 0.15) is 11.9 Å². The zero-order valence-electron chi connectivity index (χ0n) is 8.46. The van der Waals surface area contributed by atoms with Gasteiger partial charge in [0.25, 0.3) is 5.56 Å². The van der Waals surface area contributed by atoms with E-state index in [0.717, 1.165) is 30.5 Å². The third kappa shape index (κ3) is 1.46. The summed E-state index contributed by atoms with van der Waals surface area (Å²) in [5.41, 5.74) is 1.82. The normalized spacial score (nSPS) is 16.7. The molecule has 1 unspecified atom stereocenters. The van der Waals surface area contributed by atoms with E-state index in [1.807, 2.05) is 6.92 Å². The van der Waals surface area contributed by atoms with Gasteiger partial charge in [-0.2, -0.15) is 0 Å². The van der Waals surface area contributed by atoms with E-state index in [0.29, 0.717) is 5.82 Å². The molecule has 14 heavy (non-hydrogen) atoms. The van der Waals surface area contributed by atoms with Gasteiger partial charge in [-0.1, -0.05) is 0 Å². The number of hydrogen-bond acceptors (Lipinski definition) is 3. The standard InChI is InChI=1S/C10H14N2O2/c1-6(14-2)9-11-8-5-3-4-7(8)10(13)12-9/h6H,3-5H2,1-2H3,(H,11,12,13). The summed E-state index contributed by atoms with van der Waals surface area (Å²) in [5.74, 6) is 0.637. The number of ether oxygens (including phenoxy) is 1. The first-order valence-corrected chi connectivity index (χ1v) is 4.87. The second-order valence-electron chi connectivity index (χ2n) is 3.61. The molecule has 1 aliphatic carbocycles. The molecule has 4 nitrogen and oxygen atoms in total. The fraction of sp³-hybridized carbons (Fsp3) is 0.600. The number of aryl methyl sites for hydroxylation is 1. The summed E-state index contributed by atoms with van der Waals surface area (Å²) in [4.78, 5) is 18.8. The predicted molar refractivity (Wildman–Crippen MR) is 52.3 cm³/mol. The Labute approximate surface area is 82.3 Å². The molecule has 0 saturated heterocycles. The van der Waals surface area contributed by atoms with Crippen molar-refractivity contribution in [2.45, 2.75) is 32.3 Å². The number of hydrogen-bond donors (Lipinski definition) is 1. The van der Waals surface area contributed by atoms with Gasteiger partial charge in [0.2, 0.25) is 0 Å². The summed E-state index contributed by atoms with van der Waals surface area (Å²) in [6.07, 6.45) is 2.67. The number of nitrogens with one attached hydrogen (secondary N) is 1. The van der Waals surface area contributed by atoms with Gasteiger partial charge >= 0.3 is 0 Å². The van der Waals surface area contributed by atoms with Crippen LogP contribution in [0.3, 0.4) is 0 Å². The Kier molecular flexibility index (Phi) is 2.37. The van der Waals surface area contributed by atoms with Gasteiger partial charge in [-0.25, -0.2) is 4.98 Å². The number of H-pyrrole nitrogens is 1. The maximum Gasteiger partial charge on any atom is 0.254 e. The van der Waals surface area contributed by atoms with E-state index < -0.39 is 0 Å². The van der Waals surface area contributed by atoms with E-state index in [4.69, 9.17) is 4.74 Å². The van der Waals surface area contributed by atoms with Gasteiger partial charge < -0.3 is 9.72 Å². The number of aromatic amines is 1. The van der Waals surface area contributed by atoms with Crippen molar-refractivity contribution in [2.75, 3.05) is 7.11 Å². The monoisotopic (exact) mass is 194 g/mol. The highest BCUT2D eigenvalue weighted by Gasteiger charge is 2.18. The van der Waals surface area contributed by atoms with Crippen molar-refractivity contribution in [2.24, 2.45) is 0 Å². The van der Waals surface area contributed by atoms with Crippen LogP contribution in [0.5, 0.6) is 0 Å². The molecule has 0 fully saturated rings. The molecular formula is C10H14N2O2. The summed E-state index contributed by atoms with van der Waals surface area (Å²) in [6, 6.07) is 0. The van der Waals surface area contributed by atoms with Crippen LogP contribution < -0.4 is 5.56 Å². The molecule has 1 aromatic rings. The second kappa shape index (κ2) is 3.53. The van der Waals surface area contributed by atoms with Crippen LogP contribution in [0.2, 0.25) is 0 Å². The molecule has 0 aromatic carbocycles. The van der Waals surface area contributed by atoms with Crippen LogP contribution in [0.4, 0.5) is 0 Å². The van der Waals surface area contributed by atoms with E-state index in [2.05, 4.69) is 9.97 Å². The lowest BCUT2D eigenvalue weighted by Crippen LogP contribution is -2.18. The molecule has 4 heteroatoms. The Morgan fingerprint density at radius 3 is 3.00 bits per heavy atom. The Bertz CT molecular complexity index is 398. The number of rotatable bonds is 2. The molecule has 0 aliphatic heterocycles. The van der Waals surface area contributed by atoms with Gasteiger partial charge in [0, 0.05) is 12.7 Å². The van der Waals surface area contributed by atoms with E-state index in [1.165, 1.54) is 0 Å². The fourth-order valence-electron chi connectivity index (χ4n) is 1.77. The van der Waals surface area contributed by atoms with Crippen molar-refractivity contribution < 1.29 is 4.74 Å². The van der Waals surface area contributed by atoms with Crippen LogP contribution in [0, 0.1) is 0 Å². The SMILES string of the molecule is COC(C)c1nc2c(c(=O)[nH]1)CCC2. The molecule has 1 aromatic heterocycles. The molecule has 1 aliphatic rings. The van der Waals surface area contributed by atoms with Gasteiger partial charge in [0.15, 0.2) is 0 Å². The Morgan fingerprint density at radius 1 is 1.50 bits per heavy atom. The number of fused-ring (bicyclic) bond motifs is 1. The summed E-state index contributed by atoms with van der Waals surface area (Å²) >= 11 is 0. The fourth-order valence-corrected chi connectivity index (χ4v) is 1.77. The Hall–Kier alpha value is -1.16. The largest absolute Gasteiger partial charge is 0.374 e. The number of methoxy groups -OCH3 is 1. The first-order valence-electron chi connectivity index (χ1n) is 4.87. The van der Waals surface area contributed by atoms with Crippen LogP contribution in [0.25, 0.3) is 0 Å².